The second kappa shape index (κ2) is 7.03. The standard InChI is InChI=1S/C19H21NO2/c1-4-20(13-17-8-6-5-7-15(17)3)19(22)18(21)16-11-9-14(2)10-12-16/h5-12H,4,13H2,1-3H3. The lowest BCUT2D eigenvalue weighted by Crippen LogP contribution is -2.36. The fraction of sp³-hybridized carbons (Fsp3) is 0.263. The monoisotopic (exact) mass is 295 g/mol. The molecule has 0 radical (unpaired) electrons. The van der Waals surface area contributed by atoms with Crippen molar-refractivity contribution in [1.82, 2.24) is 4.90 Å². The predicted molar refractivity (Wildman–Crippen MR) is 87.8 cm³/mol. The number of nitrogens with zero attached hydrogens (tertiary/aromatic N) is 1. The van der Waals surface area contributed by atoms with E-state index in [1.807, 2.05) is 57.2 Å². The summed E-state index contributed by atoms with van der Waals surface area (Å²) in [5, 5.41) is 0. The molecular weight excluding hydrogens is 274 g/mol. The Labute approximate surface area is 131 Å². The van der Waals surface area contributed by atoms with Crippen LogP contribution in [0.3, 0.4) is 0 Å². The zero-order valence-electron chi connectivity index (χ0n) is 13.3. The van der Waals surface area contributed by atoms with E-state index in [4.69, 9.17) is 0 Å². The molecule has 0 atom stereocenters. The first-order valence-electron chi connectivity index (χ1n) is 7.47. The maximum atomic E-state index is 12.5. The van der Waals surface area contributed by atoms with Crippen molar-refractivity contribution in [3.63, 3.8) is 0 Å². The normalized spacial score (nSPS) is 10.3. The van der Waals surface area contributed by atoms with Gasteiger partial charge in [0.15, 0.2) is 0 Å². The summed E-state index contributed by atoms with van der Waals surface area (Å²) in [6.45, 7) is 6.81. The fourth-order valence-corrected chi connectivity index (χ4v) is 2.29. The number of carbonyl (C=O) groups is 2. The SMILES string of the molecule is CCN(Cc1ccccc1C)C(=O)C(=O)c1ccc(C)cc1. The summed E-state index contributed by atoms with van der Waals surface area (Å²) in [7, 11) is 0. The summed E-state index contributed by atoms with van der Waals surface area (Å²) >= 11 is 0. The molecule has 0 aliphatic rings. The lowest BCUT2D eigenvalue weighted by Gasteiger charge is -2.21. The first kappa shape index (κ1) is 16.0. The average Bonchev–Trinajstić information content (AvgIpc) is 2.53. The maximum Gasteiger partial charge on any atom is 0.295 e. The molecule has 2 rings (SSSR count). The van der Waals surface area contributed by atoms with Crippen LogP contribution in [0.5, 0.6) is 0 Å². The van der Waals surface area contributed by atoms with E-state index >= 15 is 0 Å². The van der Waals surface area contributed by atoms with Crippen LogP contribution in [0.4, 0.5) is 0 Å². The first-order chi connectivity index (χ1) is 10.5. The summed E-state index contributed by atoms with van der Waals surface area (Å²) < 4.78 is 0. The van der Waals surface area contributed by atoms with Gasteiger partial charge in [0.1, 0.15) is 0 Å². The van der Waals surface area contributed by atoms with Crippen molar-refractivity contribution >= 4 is 11.7 Å². The van der Waals surface area contributed by atoms with Crippen molar-refractivity contribution in [3.05, 3.63) is 70.8 Å². The second-order valence-corrected chi connectivity index (χ2v) is 5.44. The Morgan fingerprint density at radius 2 is 1.59 bits per heavy atom. The lowest BCUT2D eigenvalue weighted by atomic mass is 10.1. The highest BCUT2D eigenvalue weighted by Crippen LogP contribution is 2.12. The van der Waals surface area contributed by atoms with Crippen molar-refractivity contribution in [2.45, 2.75) is 27.3 Å². The van der Waals surface area contributed by atoms with Crippen LogP contribution in [0.1, 0.15) is 34.0 Å². The van der Waals surface area contributed by atoms with Crippen molar-refractivity contribution in [2.24, 2.45) is 0 Å². The highest BCUT2D eigenvalue weighted by molar-refractivity contribution is 6.42. The van der Waals surface area contributed by atoms with Crippen molar-refractivity contribution < 1.29 is 9.59 Å². The maximum absolute atomic E-state index is 12.5. The van der Waals surface area contributed by atoms with Gasteiger partial charge in [-0.05, 0) is 31.9 Å². The molecule has 0 aliphatic carbocycles. The minimum atomic E-state index is -0.449. The van der Waals surface area contributed by atoms with E-state index in [-0.39, 0.29) is 0 Å². The molecule has 0 aromatic heterocycles. The van der Waals surface area contributed by atoms with Gasteiger partial charge in [-0.1, -0.05) is 54.1 Å². The summed E-state index contributed by atoms with van der Waals surface area (Å²) in [6.07, 6.45) is 0. The Hall–Kier alpha value is -2.42. The Balaban J connectivity index is 2.16. The minimum Gasteiger partial charge on any atom is -0.332 e. The molecule has 0 N–H and O–H groups in total. The number of benzene rings is 2. The second-order valence-electron chi connectivity index (χ2n) is 5.44. The van der Waals surface area contributed by atoms with Crippen molar-refractivity contribution in [1.29, 1.82) is 0 Å². The molecule has 0 aliphatic heterocycles. The zero-order chi connectivity index (χ0) is 16.1. The fourth-order valence-electron chi connectivity index (χ4n) is 2.29. The molecule has 2 aromatic carbocycles. The Bertz CT molecular complexity index is 674. The smallest absolute Gasteiger partial charge is 0.295 e. The van der Waals surface area contributed by atoms with E-state index in [2.05, 4.69) is 0 Å². The quantitative estimate of drug-likeness (QED) is 0.625. The molecule has 0 fully saturated rings. The highest BCUT2D eigenvalue weighted by Gasteiger charge is 2.22. The van der Waals surface area contributed by atoms with E-state index in [1.54, 1.807) is 17.0 Å². The third kappa shape index (κ3) is 3.61. The lowest BCUT2D eigenvalue weighted by molar-refractivity contribution is -0.126. The third-order valence-electron chi connectivity index (χ3n) is 3.80. The number of hydrogen-bond donors (Lipinski definition) is 0. The Morgan fingerprint density at radius 1 is 0.955 bits per heavy atom. The molecule has 0 saturated heterocycles. The average molecular weight is 295 g/mol. The number of Topliss-reactive ketones (excluding diaryl/α,β-unsaturated/α-hetero) is 1. The van der Waals surface area contributed by atoms with Gasteiger partial charge in [-0.15, -0.1) is 0 Å². The molecule has 3 heteroatoms. The molecule has 0 saturated carbocycles. The molecule has 3 nitrogen and oxygen atoms in total. The summed E-state index contributed by atoms with van der Waals surface area (Å²) in [6, 6.07) is 15.0. The van der Waals surface area contributed by atoms with Crippen LogP contribution in [0, 0.1) is 13.8 Å². The van der Waals surface area contributed by atoms with Crippen LogP contribution in [0.2, 0.25) is 0 Å². The van der Waals surface area contributed by atoms with E-state index in [9.17, 15) is 9.59 Å². The third-order valence-corrected chi connectivity index (χ3v) is 3.80. The van der Waals surface area contributed by atoms with Crippen LogP contribution < -0.4 is 0 Å². The zero-order valence-corrected chi connectivity index (χ0v) is 13.3. The van der Waals surface area contributed by atoms with Crippen molar-refractivity contribution in [2.75, 3.05) is 6.54 Å². The van der Waals surface area contributed by atoms with Crippen LogP contribution in [0.25, 0.3) is 0 Å². The largest absolute Gasteiger partial charge is 0.332 e. The van der Waals surface area contributed by atoms with Gasteiger partial charge in [-0.25, -0.2) is 0 Å². The molecule has 0 spiro atoms. The number of amides is 1. The molecule has 22 heavy (non-hydrogen) atoms. The van der Waals surface area contributed by atoms with Crippen LogP contribution in [0.15, 0.2) is 48.5 Å². The minimum absolute atomic E-state index is 0.443. The van der Waals surface area contributed by atoms with Gasteiger partial charge in [0.05, 0.1) is 0 Å². The molecule has 0 bridgehead atoms. The van der Waals surface area contributed by atoms with Crippen LogP contribution in [-0.2, 0) is 11.3 Å². The number of hydrogen-bond acceptors (Lipinski definition) is 2. The molecule has 0 unspecified atom stereocenters. The van der Waals surface area contributed by atoms with Crippen molar-refractivity contribution in [3.8, 4) is 0 Å². The molecule has 0 heterocycles. The number of rotatable bonds is 5. The van der Waals surface area contributed by atoms with Crippen LogP contribution in [-0.4, -0.2) is 23.1 Å². The van der Waals surface area contributed by atoms with Gasteiger partial charge in [-0.3, -0.25) is 9.59 Å². The summed E-state index contributed by atoms with van der Waals surface area (Å²) in [4.78, 5) is 26.4. The first-order valence-corrected chi connectivity index (χ1v) is 7.47. The van der Waals surface area contributed by atoms with E-state index in [0.29, 0.717) is 18.7 Å². The molecule has 114 valence electrons. The van der Waals surface area contributed by atoms with Crippen LogP contribution >= 0.6 is 0 Å². The van der Waals surface area contributed by atoms with E-state index in [1.165, 1.54) is 0 Å². The van der Waals surface area contributed by atoms with Gasteiger partial charge in [0.2, 0.25) is 5.78 Å². The number of aryl methyl sites for hydroxylation is 2. The number of ketones is 1. The topological polar surface area (TPSA) is 37.4 Å². The van der Waals surface area contributed by atoms with Gasteiger partial charge < -0.3 is 4.90 Å². The van der Waals surface area contributed by atoms with Gasteiger partial charge in [0, 0.05) is 18.7 Å². The van der Waals surface area contributed by atoms with Gasteiger partial charge in [-0.2, -0.15) is 0 Å². The van der Waals surface area contributed by atoms with E-state index in [0.717, 1.165) is 16.7 Å². The Morgan fingerprint density at radius 3 is 2.18 bits per heavy atom. The predicted octanol–water partition coefficient (Wildman–Crippen LogP) is 3.53. The molecule has 2 aromatic rings. The molecule has 1 amide bonds. The highest BCUT2D eigenvalue weighted by atomic mass is 16.2. The molecular formula is C19H21NO2. The van der Waals surface area contributed by atoms with Gasteiger partial charge in [0.25, 0.3) is 5.91 Å². The number of likely N-dealkylation sites (N-methyl/N-ethyl adjacent to an activating group) is 1. The van der Waals surface area contributed by atoms with E-state index < -0.39 is 11.7 Å². The summed E-state index contributed by atoms with van der Waals surface area (Å²) in [5.74, 6) is -0.898. The number of carbonyl (C=O) groups excluding carboxylic acids is 2. The van der Waals surface area contributed by atoms with Gasteiger partial charge >= 0.3 is 0 Å². The summed E-state index contributed by atoms with van der Waals surface area (Å²) in [5.41, 5.74) is 3.70. The Kier molecular flexibility index (Phi) is 5.10.